The summed E-state index contributed by atoms with van der Waals surface area (Å²) >= 11 is 12.2. The van der Waals surface area contributed by atoms with Crippen LogP contribution in [0.4, 0.5) is 13.2 Å². The molecule has 5 aromatic rings. The minimum absolute atomic E-state index is 0.00627. The number of aromatic nitrogens is 3. The second kappa shape index (κ2) is 9.57. The number of fused-ring (bicyclic) bond motifs is 1. The highest BCUT2D eigenvalue weighted by atomic mass is 35.5. The lowest BCUT2D eigenvalue weighted by Crippen LogP contribution is -2.18. The summed E-state index contributed by atoms with van der Waals surface area (Å²) < 4.78 is 55.7. The van der Waals surface area contributed by atoms with Crippen molar-refractivity contribution in [3.8, 4) is 17.3 Å². The first kappa shape index (κ1) is 24.9. The van der Waals surface area contributed by atoms with Gasteiger partial charge in [-0.25, -0.2) is 4.98 Å². The molecule has 5 rings (SSSR count). The van der Waals surface area contributed by atoms with Crippen LogP contribution in [-0.4, -0.2) is 27.4 Å². The summed E-state index contributed by atoms with van der Waals surface area (Å²) in [6, 6.07) is 13.9. The van der Waals surface area contributed by atoms with Gasteiger partial charge in [-0.15, -0.1) is 0 Å². The molecule has 0 saturated heterocycles. The van der Waals surface area contributed by atoms with E-state index in [-0.39, 0.29) is 39.9 Å². The van der Waals surface area contributed by atoms with Gasteiger partial charge in [0.25, 0.3) is 0 Å². The van der Waals surface area contributed by atoms with Crippen LogP contribution in [0.1, 0.15) is 27.4 Å². The van der Waals surface area contributed by atoms with Crippen LogP contribution in [-0.2, 0) is 12.7 Å². The number of benzene rings is 2. The predicted molar refractivity (Wildman–Crippen MR) is 132 cm³/mol. The first-order chi connectivity index (χ1) is 17.7. The maximum absolute atomic E-state index is 14.6. The largest absolute Gasteiger partial charge is 0.497 e. The molecule has 0 atom stereocenters. The van der Waals surface area contributed by atoms with E-state index in [0.29, 0.717) is 16.3 Å². The van der Waals surface area contributed by atoms with E-state index in [9.17, 15) is 18.0 Å². The number of hydrogen-bond donors (Lipinski definition) is 0. The molecule has 0 aliphatic heterocycles. The molecule has 0 spiro atoms. The Morgan fingerprint density at radius 2 is 1.89 bits per heavy atom. The highest BCUT2D eigenvalue weighted by Crippen LogP contribution is 2.41. The quantitative estimate of drug-likeness (QED) is 0.209. The van der Waals surface area contributed by atoms with Crippen molar-refractivity contribution < 1.29 is 27.1 Å². The van der Waals surface area contributed by atoms with Crippen LogP contribution in [0, 0.1) is 0 Å². The minimum Gasteiger partial charge on any atom is -0.497 e. The Kier molecular flexibility index (Phi) is 6.43. The maximum Gasteiger partial charge on any atom is 0.432 e. The highest BCUT2D eigenvalue weighted by molar-refractivity contribution is 6.35. The number of halogens is 5. The summed E-state index contributed by atoms with van der Waals surface area (Å²) in [5, 5.41) is 0.577. The van der Waals surface area contributed by atoms with Gasteiger partial charge in [-0.05, 0) is 48.0 Å². The minimum atomic E-state index is -4.90. The molecule has 0 bridgehead atoms. The fraction of sp³-hybridized carbons (Fsp3) is 0.115. The number of rotatable bonds is 6. The van der Waals surface area contributed by atoms with E-state index in [1.54, 1.807) is 18.2 Å². The lowest BCUT2D eigenvalue weighted by molar-refractivity contribution is -0.143. The molecule has 188 valence electrons. The summed E-state index contributed by atoms with van der Waals surface area (Å²) in [4.78, 5) is 21.7. The summed E-state index contributed by atoms with van der Waals surface area (Å²) in [6.45, 7) is -0.267. The number of alkyl halides is 3. The second-order valence-corrected chi connectivity index (χ2v) is 8.84. The van der Waals surface area contributed by atoms with Gasteiger partial charge in [-0.1, -0.05) is 35.3 Å². The van der Waals surface area contributed by atoms with Crippen LogP contribution in [0.15, 0.2) is 71.4 Å². The predicted octanol–water partition coefficient (Wildman–Crippen LogP) is 7.30. The number of ether oxygens (including phenoxy) is 1. The third-order valence-electron chi connectivity index (χ3n) is 5.72. The van der Waals surface area contributed by atoms with E-state index in [0.717, 1.165) is 10.8 Å². The number of nitrogens with zero attached hydrogens (tertiary/aromatic N) is 3. The standard InChI is InChI=1S/C26H16Cl2F3N3O3/c1-36-16-7-8-20-17(11-16)22(23(35)21-12-33-25(37-21)19-4-2-3-9-32-19)24(26(29,30)31)34(20)13-14-5-6-15(27)10-18(14)28/h2-12H,13H2,1H3. The SMILES string of the molecule is COc1ccc2c(c1)c(C(=O)c1cnc(-c3ccccn3)o1)c(C(F)(F)F)n2Cc1ccc(Cl)cc1Cl. The molecule has 0 aliphatic carbocycles. The van der Waals surface area contributed by atoms with Crippen LogP contribution in [0.2, 0.25) is 10.0 Å². The molecular weight excluding hydrogens is 530 g/mol. The monoisotopic (exact) mass is 545 g/mol. The second-order valence-electron chi connectivity index (χ2n) is 8.00. The Labute approximate surface area is 218 Å². The van der Waals surface area contributed by atoms with Crippen LogP contribution < -0.4 is 4.74 Å². The molecule has 3 aromatic heterocycles. The van der Waals surface area contributed by atoms with Gasteiger partial charge in [-0.2, -0.15) is 13.2 Å². The molecule has 2 aromatic carbocycles. The van der Waals surface area contributed by atoms with Crippen molar-refractivity contribution in [2.75, 3.05) is 7.11 Å². The molecule has 6 nitrogen and oxygen atoms in total. The van der Waals surface area contributed by atoms with Crippen molar-refractivity contribution in [3.05, 3.63) is 99.6 Å². The van der Waals surface area contributed by atoms with Gasteiger partial charge in [0.05, 0.1) is 18.9 Å². The molecule has 37 heavy (non-hydrogen) atoms. The third-order valence-corrected chi connectivity index (χ3v) is 6.31. The van der Waals surface area contributed by atoms with Crippen LogP contribution in [0.3, 0.4) is 0 Å². The lowest BCUT2D eigenvalue weighted by atomic mass is 10.0. The zero-order valence-electron chi connectivity index (χ0n) is 19.0. The number of ketones is 1. The smallest absolute Gasteiger partial charge is 0.432 e. The van der Waals surface area contributed by atoms with Gasteiger partial charge in [0.15, 0.2) is 5.76 Å². The molecule has 0 unspecified atom stereocenters. The zero-order valence-corrected chi connectivity index (χ0v) is 20.5. The Morgan fingerprint density at radius 1 is 1.08 bits per heavy atom. The Balaban J connectivity index is 1.73. The highest BCUT2D eigenvalue weighted by Gasteiger charge is 2.42. The molecule has 0 N–H and O–H groups in total. The van der Waals surface area contributed by atoms with E-state index in [1.165, 1.54) is 49.7 Å². The van der Waals surface area contributed by atoms with Crippen molar-refractivity contribution in [3.63, 3.8) is 0 Å². The van der Waals surface area contributed by atoms with E-state index in [2.05, 4.69) is 9.97 Å². The van der Waals surface area contributed by atoms with Gasteiger partial charge in [0.1, 0.15) is 17.1 Å². The summed E-state index contributed by atoms with van der Waals surface area (Å²) in [6.07, 6.45) is -2.31. The zero-order chi connectivity index (χ0) is 26.3. The van der Waals surface area contributed by atoms with Gasteiger partial charge >= 0.3 is 6.18 Å². The lowest BCUT2D eigenvalue weighted by Gasteiger charge is -2.15. The Hall–Kier alpha value is -3.82. The van der Waals surface area contributed by atoms with Crippen LogP contribution >= 0.6 is 23.2 Å². The first-order valence-electron chi connectivity index (χ1n) is 10.8. The Bertz CT molecular complexity index is 1630. The van der Waals surface area contributed by atoms with E-state index in [4.69, 9.17) is 32.4 Å². The van der Waals surface area contributed by atoms with Crippen molar-refractivity contribution in [2.24, 2.45) is 0 Å². The average Bonchev–Trinajstić information content (AvgIpc) is 3.49. The van der Waals surface area contributed by atoms with Crippen molar-refractivity contribution in [1.82, 2.24) is 14.5 Å². The van der Waals surface area contributed by atoms with Gasteiger partial charge in [0.2, 0.25) is 11.7 Å². The molecule has 11 heteroatoms. The number of carbonyl (C=O) groups is 1. The number of oxazole rings is 1. The van der Waals surface area contributed by atoms with Gasteiger partial charge in [0, 0.05) is 33.7 Å². The molecule has 0 fully saturated rings. The van der Waals surface area contributed by atoms with E-state index >= 15 is 0 Å². The average molecular weight is 546 g/mol. The Morgan fingerprint density at radius 3 is 2.57 bits per heavy atom. The van der Waals surface area contributed by atoms with Crippen molar-refractivity contribution in [1.29, 1.82) is 0 Å². The van der Waals surface area contributed by atoms with Crippen LogP contribution in [0.25, 0.3) is 22.5 Å². The summed E-state index contributed by atoms with van der Waals surface area (Å²) in [7, 11) is 1.38. The van der Waals surface area contributed by atoms with Crippen molar-refractivity contribution in [2.45, 2.75) is 12.7 Å². The van der Waals surface area contributed by atoms with E-state index < -0.39 is 23.2 Å². The molecule has 3 heterocycles. The number of methoxy groups -OCH3 is 1. The molecule has 0 amide bonds. The fourth-order valence-corrected chi connectivity index (χ4v) is 4.55. The van der Waals surface area contributed by atoms with Crippen LogP contribution in [0.5, 0.6) is 5.75 Å². The molecule has 0 aliphatic rings. The molecular formula is C26H16Cl2F3N3O3. The normalized spacial score (nSPS) is 11.7. The molecule has 0 radical (unpaired) electrons. The first-order valence-corrected chi connectivity index (χ1v) is 11.6. The van der Waals surface area contributed by atoms with E-state index in [1.807, 2.05) is 0 Å². The molecule has 0 saturated carbocycles. The van der Waals surface area contributed by atoms with Gasteiger partial charge in [-0.3, -0.25) is 9.78 Å². The number of pyridine rings is 1. The number of carbonyl (C=O) groups excluding carboxylic acids is 1. The fourth-order valence-electron chi connectivity index (χ4n) is 4.08. The topological polar surface area (TPSA) is 70.2 Å². The summed E-state index contributed by atoms with van der Waals surface area (Å²) in [5.74, 6) is -1.06. The van der Waals surface area contributed by atoms with Gasteiger partial charge < -0.3 is 13.7 Å². The number of hydrogen-bond acceptors (Lipinski definition) is 5. The summed E-state index contributed by atoms with van der Waals surface area (Å²) in [5.41, 5.74) is -0.857. The third kappa shape index (κ3) is 4.68. The van der Waals surface area contributed by atoms with Crippen molar-refractivity contribution >= 4 is 39.9 Å². The maximum atomic E-state index is 14.6.